The van der Waals surface area contributed by atoms with Crippen molar-refractivity contribution in [1.29, 1.82) is 0 Å². The molecule has 2 rings (SSSR count). The molecule has 0 aliphatic carbocycles. The van der Waals surface area contributed by atoms with Crippen LogP contribution in [-0.4, -0.2) is 7.11 Å². The minimum atomic E-state index is 0.0378. The van der Waals surface area contributed by atoms with Gasteiger partial charge in [0, 0.05) is 11.6 Å². The zero-order valence-corrected chi connectivity index (χ0v) is 9.93. The summed E-state index contributed by atoms with van der Waals surface area (Å²) >= 11 is 0. The molecule has 0 saturated heterocycles. The molecule has 90 valence electrons. The number of hydrogen-bond acceptors (Lipinski definition) is 3. The lowest BCUT2D eigenvalue weighted by Gasteiger charge is -2.09. The summed E-state index contributed by atoms with van der Waals surface area (Å²) in [5.41, 5.74) is 8.38. The minimum absolute atomic E-state index is 0.0378. The molecule has 17 heavy (non-hydrogen) atoms. The van der Waals surface area contributed by atoms with Crippen LogP contribution >= 0.6 is 0 Å². The highest BCUT2D eigenvalue weighted by Crippen LogP contribution is 2.18. The van der Waals surface area contributed by atoms with Crippen molar-refractivity contribution in [3.8, 4) is 5.75 Å². The van der Waals surface area contributed by atoms with Gasteiger partial charge in [0.1, 0.15) is 5.75 Å². The summed E-state index contributed by atoms with van der Waals surface area (Å²) in [6.07, 6.45) is 5.23. The molecule has 0 bridgehead atoms. The van der Waals surface area contributed by atoms with E-state index in [0.717, 1.165) is 24.2 Å². The van der Waals surface area contributed by atoms with Gasteiger partial charge in [0.2, 0.25) is 0 Å². The Labute approximate surface area is 101 Å². The molecule has 1 unspecified atom stereocenters. The lowest BCUT2D eigenvalue weighted by molar-refractivity contribution is 0.414. The summed E-state index contributed by atoms with van der Waals surface area (Å²) in [6, 6.07) is 10.0. The Balaban J connectivity index is 1.89. The van der Waals surface area contributed by atoms with Crippen LogP contribution in [0.25, 0.3) is 0 Å². The van der Waals surface area contributed by atoms with Crippen LogP contribution in [0, 0.1) is 0 Å². The maximum atomic E-state index is 6.06. The quantitative estimate of drug-likeness (QED) is 0.860. The van der Waals surface area contributed by atoms with Crippen LogP contribution in [0.3, 0.4) is 0 Å². The standard InChI is InChI=1S/C14H17NO2/c1-16-13-5-2-11(3-6-13)4-7-14(15)12-8-9-17-10-12/h2-3,5-6,8-10,14H,4,7,15H2,1H3. The molecule has 0 radical (unpaired) electrons. The Morgan fingerprint density at radius 1 is 1.24 bits per heavy atom. The van der Waals surface area contributed by atoms with Crippen molar-refractivity contribution in [2.75, 3.05) is 7.11 Å². The van der Waals surface area contributed by atoms with Crippen LogP contribution in [0.1, 0.15) is 23.6 Å². The SMILES string of the molecule is COc1ccc(CCC(N)c2ccoc2)cc1. The average molecular weight is 231 g/mol. The van der Waals surface area contributed by atoms with E-state index >= 15 is 0 Å². The van der Waals surface area contributed by atoms with Crippen molar-refractivity contribution in [3.05, 3.63) is 54.0 Å². The van der Waals surface area contributed by atoms with Crippen molar-refractivity contribution >= 4 is 0 Å². The monoisotopic (exact) mass is 231 g/mol. The second-order valence-corrected chi connectivity index (χ2v) is 4.05. The molecule has 1 heterocycles. The summed E-state index contributed by atoms with van der Waals surface area (Å²) in [4.78, 5) is 0. The van der Waals surface area contributed by atoms with Gasteiger partial charge in [0.15, 0.2) is 0 Å². The van der Waals surface area contributed by atoms with Gasteiger partial charge in [-0.15, -0.1) is 0 Å². The smallest absolute Gasteiger partial charge is 0.118 e. The van der Waals surface area contributed by atoms with Gasteiger partial charge in [-0.1, -0.05) is 12.1 Å². The van der Waals surface area contributed by atoms with E-state index in [1.807, 2.05) is 18.2 Å². The molecule has 0 fully saturated rings. The third-order valence-corrected chi connectivity index (χ3v) is 2.87. The molecule has 0 aliphatic heterocycles. The lowest BCUT2D eigenvalue weighted by atomic mass is 10.0. The molecular formula is C14H17NO2. The van der Waals surface area contributed by atoms with Gasteiger partial charge >= 0.3 is 0 Å². The van der Waals surface area contributed by atoms with Gasteiger partial charge in [-0.2, -0.15) is 0 Å². The zero-order chi connectivity index (χ0) is 12.1. The first-order valence-electron chi connectivity index (χ1n) is 5.70. The maximum Gasteiger partial charge on any atom is 0.118 e. The summed E-state index contributed by atoms with van der Waals surface area (Å²) in [6.45, 7) is 0. The van der Waals surface area contributed by atoms with E-state index < -0.39 is 0 Å². The molecular weight excluding hydrogens is 214 g/mol. The molecule has 2 aromatic rings. The fraction of sp³-hybridized carbons (Fsp3) is 0.286. The topological polar surface area (TPSA) is 48.4 Å². The number of hydrogen-bond donors (Lipinski definition) is 1. The first-order chi connectivity index (χ1) is 8.29. The molecule has 3 nitrogen and oxygen atoms in total. The molecule has 0 spiro atoms. The van der Waals surface area contributed by atoms with Crippen LogP contribution < -0.4 is 10.5 Å². The minimum Gasteiger partial charge on any atom is -0.497 e. The van der Waals surface area contributed by atoms with Crippen LogP contribution in [0.4, 0.5) is 0 Å². The lowest BCUT2D eigenvalue weighted by Crippen LogP contribution is -2.10. The van der Waals surface area contributed by atoms with E-state index in [9.17, 15) is 0 Å². The van der Waals surface area contributed by atoms with Gasteiger partial charge in [0.05, 0.1) is 19.6 Å². The normalized spacial score (nSPS) is 12.4. The Morgan fingerprint density at radius 2 is 2.00 bits per heavy atom. The average Bonchev–Trinajstić information content (AvgIpc) is 2.90. The van der Waals surface area contributed by atoms with Crippen molar-refractivity contribution in [3.63, 3.8) is 0 Å². The van der Waals surface area contributed by atoms with Crippen molar-refractivity contribution in [2.24, 2.45) is 5.73 Å². The van der Waals surface area contributed by atoms with E-state index in [1.165, 1.54) is 5.56 Å². The van der Waals surface area contributed by atoms with Crippen molar-refractivity contribution in [1.82, 2.24) is 0 Å². The van der Waals surface area contributed by atoms with E-state index in [4.69, 9.17) is 14.9 Å². The van der Waals surface area contributed by atoms with Crippen LogP contribution in [0.5, 0.6) is 5.75 Å². The molecule has 3 heteroatoms. The third kappa shape index (κ3) is 3.11. The molecule has 1 aromatic heterocycles. The van der Waals surface area contributed by atoms with Gasteiger partial charge in [-0.25, -0.2) is 0 Å². The molecule has 0 amide bonds. The molecule has 0 saturated carbocycles. The Bertz CT molecular complexity index is 434. The summed E-state index contributed by atoms with van der Waals surface area (Å²) in [5.74, 6) is 0.882. The number of methoxy groups -OCH3 is 1. The summed E-state index contributed by atoms with van der Waals surface area (Å²) < 4.78 is 10.1. The molecule has 0 aliphatic rings. The Hall–Kier alpha value is -1.74. The van der Waals surface area contributed by atoms with E-state index in [2.05, 4.69) is 12.1 Å². The van der Waals surface area contributed by atoms with E-state index in [1.54, 1.807) is 19.6 Å². The fourth-order valence-electron chi connectivity index (χ4n) is 1.77. The highest BCUT2D eigenvalue weighted by Gasteiger charge is 2.07. The maximum absolute atomic E-state index is 6.06. The number of rotatable bonds is 5. The van der Waals surface area contributed by atoms with Crippen LogP contribution in [-0.2, 0) is 6.42 Å². The second-order valence-electron chi connectivity index (χ2n) is 4.05. The van der Waals surface area contributed by atoms with Crippen LogP contribution in [0.15, 0.2) is 47.3 Å². The van der Waals surface area contributed by atoms with Gasteiger partial charge < -0.3 is 14.9 Å². The molecule has 1 atom stereocenters. The predicted octanol–water partition coefficient (Wildman–Crippen LogP) is 2.92. The number of furan rings is 1. The molecule has 2 N–H and O–H groups in total. The summed E-state index contributed by atoms with van der Waals surface area (Å²) in [5, 5.41) is 0. The predicted molar refractivity (Wildman–Crippen MR) is 67.0 cm³/mol. The Kier molecular flexibility index (Phi) is 3.83. The second kappa shape index (κ2) is 5.55. The highest BCUT2D eigenvalue weighted by atomic mass is 16.5. The molecule has 1 aromatic carbocycles. The van der Waals surface area contributed by atoms with Crippen LogP contribution in [0.2, 0.25) is 0 Å². The first-order valence-corrected chi connectivity index (χ1v) is 5.70. The highest BCUT2D eigenvalue weighted by molar-refractivity contribution is 5.27. The van der Waals surface area contributed by atoms with Gasteiger partial charge in [-0.05, 0) is 36.6 Å². The van der Waals surface area contributed by atoms with E-state index in [-0.39, 0.29) is 6.04 Å². The number of ether oxygens (including phenoxy) is 1. The number of aryl methyl sites for hydroxylation is 1. The third-order valence-electron chi connectivity index (χ3n) is 2.87. The van der Waals surface area contributed by atoms with Gasteiger partial charge in [-0.3, -0.25) is 0 Å². The van der Waals surface area contributed by atoms with Crippen molar-refractivity contribution < 1.29 is 9.15 Å². The Morgan fingerprint density at radius 3 is 2.59 bits per heavy atom. The van der Waals surface area contributed by atoms with E-state index in [0.29, 0.717) is 0 Å². The first kappa shape index (κ1) is 11.7. The zero-order valence-electron chi connectivity index (χ0n) is 9.93. The number of benzene rings is 1. The fourth-order valence-corrected chi connectivity index (χ4v) is 1.77. The summed E-state index contributed by atoms with van der Waals surface area (Å²) in [7, 11) is 1.67. The van der Waals surface area contributed by atoms with Crippen molar-refractivity contribution in [2.45, 2.75) is 18.9 Å². The van der Waals surface area contributed by atoms with Gasteiger partial charge in [0.25, 0.3) is 0 Å². The number of nitrogens with two attached hydrogens (primary N) is 1. The largest absolute Gasteiger partial charge is 0.497 e.